The minimum Gasteiger partial charge on any atom is -0.502 e. The number of hydrogen-bond acceptors (Lipinski definition) is 4. The van der Waals surface area contributed by atoms with Crippen molar-refractivity contribution in [2.24, 2.45) is 0 Å². The van der Waals surface area contributed by atoms with E-state index in [-0.39, 0.29) is 6.54 Å². The average molecular weight is 265 g/mol. The number of carbonyl (C=O) groups is 2. The van der Waals surface area contributed by atoms with Crippen molar-refractivity contribution in [2.45, 2.75) is 13.5 Å². The number of hydrogen-bond donors (Lipinski definition) is 2. The first-order chi connectivity index (χ1) is 8.95. The molecule has 0 aliphatic carbocycles. The van der Waals surface area contributed by atoms with Gasteiger partial charge in [-0.25, -0.2) is 9.86 Å². The summed E-state index contributed by atoms with van der Waals surface area (Å²) in [5, 5.41) is 18.5. The predicted octanol–water partition coefficient (Wildman–Crippen LogP) is 1.41. The highest BCUT2D eigenvalue weighted by molar-refractivity contribution is 5.95. The van der Waals surface area contributed by atoms with Gasteiger partial charge < -0.3 is 10.2 Å². The van der Waals surface area contributed by atoms with Gasteiger partial charge in [-0.1, -0.05) is 24.3 Å². The lowest BCUT2D eigenvalue weighted by Gasteiger charge is -2.19. The molecule has 0 heterocycles. The maximum Gasteiger partial charge on any atom is 0.371 e. The monoisotopic (exact) mass is 265 g/mol. The van der Waals surface area contributed by atoms with Crippen LogP contribution < -0.4 is 0 Å². The summed E-state index contributed by atoms with van der Waals surface area (Å²) < 4.78 is 0. The number of aliphatic hydroxyl groups is 1. The molecule has 0 bridgehead atoms. The first kappa shape index (κ1) is 14.7. The highest BCUT2D eigenvalue weighted by Crippen LogP contribution is 2.11. The smallest absolute Gasteiger partial charge is 0.371 e. The van der Waals surface area contributed by atoms with E-state index in [0.29, 0.717) is 6.08 Å². The molecular formula is C13H15NO5. The molecule has 1 rings (SSSR count). The number of aliphatic carboxylic acids is 1. The third-order valence-corrected chi connectivity index (χ3v) is 2.52. The van der Waals surface area contributed by atoms with Crippen LogP contribution in [-0.4, -0.2) is 34.3 Å². The Hall–Kier alpha value is -2.34. The van der Waals surface area contributed by atoms with Gasteiger partial charge in [-0.3, -0.25) is 9.63 Å². The van der Waals surface area contributed by atoms with Gasteiger partial charge in [-0.2, -0.15) is 0 Å². The number of carbonyl (C=O) groups excluding carboxylic acids is 1. The van der Waals surface area contributed by atoms with Crippen LogP contribution in [0.1, 0.15) is 11.1 Å². The van der Waals surface area contributed by atoms with Crippen molar-refractivity contribution < 1.29 is 24.6 Å². The molecule has 0 saturated carbocycles. The third-order valence-electron chi connectivity index (χ3n) is 2.52. The number of aliphatic hydroxyl groups excluding tert-OH is 1. The van der Waals surface area contributed by atoms with Crippen molar-refractivity contribution in [1.29, 1.82) is 0 Å². The van der Waals surface area contributed by atoms with E-state index >= 15 is 0 Å². The van der Waals surface area contributed by atoms with Gasteiger partial charge in [-0.05, 0) is 18.1 Å². The van der Waals surface area contributed by atoms with E-state index in [0.717, 1.165) is 16.2 Å². The first-order valence-electron chi connectivity index (χ1n) is 5.49. The maximum atomic E-state index is 11.7. The molecule has 0 aromatic heterocycles. The van der Waals surface area contributed by atoms with Gasteiger partial charge in [0, 0.05) is 0 Å². The van der Waals surface area contributed by atoms with Crippen molar-refractivity contribution in [3.63, 3.8) is 0 Å². The number of hydroxylamine groups is 2. The summed E-state index contributed by atoms with van der Waals surface area (Å²) >= 11 is 0. The van der Waals surface area contributed by atoms with Gasteiger partial charge >= 0.3 is 5.97 Å². The Bertz CT molecular complexity index is 510. The number of carboxylic acid groups (broad SMARTS) is 1. The number of nitrogens with zero attached hydrogens (tertiary/aromatic N) is 1. The van der Waals surface area contributed by atoms with Crippen LogP contribution in [0.4, 0.5) is 0 Å². The van der Waals surface area contributed by atoms with Crippen LogP contribution in [0.2, 0.25) is 0 Å². The number of rotatable bonds is 5. The maximum absolute atomic E-state index is 11.7. The van der Waals surface area contributed by atoms with Crippen molar-refractivity contribution >= 4 is 11.9 Å². The van der Waals surface area contributed by atoms with Gasteiger partial charge in [0.15, 0.2) is 0 Å². The van der Waals surface area contributed by atoms with Crippen LogP contribution in [0.3, 0.4) is 0 Å². The Balaban J connectivity index is 2.85. The molecule has 1 amide bonds. The van der Waals surface area contributed by atoms with Crippen LogP contribution >= 0.6 is 0 Å². The van der Waals surface area contributed by atoms with Crippen LogP contribution in [0.25, 0.3) is 0 Å². The van der Waals surface area contributed by atoms with Crippen LogP contribution in [0.15, 0.2) is 36.1 Å². The van der Waals surface area contributed by atoms with Crippen LogP contribution in [0.5, 0.6) is 0 Å². The second kappa shape index (κ2) is 6.55. The molecule has 0 atom stereocenters. The lowest BCUT2D eigenvalue weighted by Crippen LogP contribution is -2.28. The predicted molar refractivity (Wildman–Crippen MR) is 67.1 cm³/mol. The third kappa shape index (κ3) is 4.11. The minimum atomic E-state index is -1.57. The quantitative estimate of drug-likeness (QED) is 0.477. The fraction of sp³-hybridized carbons (Fsp3) is 0.231. The molecule has 0 saturated heterocycles. The molecule has 102 valence electrons. The van der Waals surface area contributed by atoms with E-state index in [1.807, 2.05) is 31.2 Å². The zero-order valence-electron chi connectivity index (χ0n) is 10.7. The number of carboxylic acids is 1. The summed E-state index contributed by atoms with van der Waals surface area (Å²) in [6.07, 6.45) is 0.601. The fourth-order valence-electron chi connectivity index (χ4n) is 1.43. The number of benzene rings is 1. The van der Waals surface area contributed by atoms with Gasteiger partial charge in [-0.15, -0.1) is 0 Å². The lowest BCUT2D eigenvalue weighted by molar-refractivity contribution is -0.173. The topological polar surface area (TPSA) is 87.1 Å². The van der Waals surface area contributed by atoms with E-state index in [2.05, 4.69) is 0 Å². The standard InChI is InChI=1S/C13H15NO5/c1-9-5-3-4-6-10(9)8-14(19-2)12(16)7-11(15)13(17)18/h3-7,15H,8H2,1-2H3,(H,17,18). The molecule has 6 nitrogen and oxygen atoms in total. The second-order valence-electron chi connectivity index (χ2n) is 3.82. The highest BCUT2D eigenvalue weighted by atomic mass is 16.7. The molecule has 0 unspecified atom stereocenters. The van der Waals surface area contributed by atoms with Gasteiger partial charge in [0.05, 0.1) is 19.7 Å². The second-order valence-corrected chi connectivity index (χ2v) is 3.82. The molecule has 2 N–H and O–H groups in total. The Morgan fingerprint density at radius 1 is 1.32 bits per heavy atom. The summed E-state index contributed by atoms with van der Waals surface area (Å²) in [5.74, 6) is -3.34. The van der Waals surface area contributed by atoms with Crippen molar-refractivity contribution in [2.75, 3.05) is 7.11 Å². The molecule has 1 aromatic rings. The van der Waals surface area contributed by atoms with Gasteiger partial charge in [0.2, 0.25) is 5.76 Å². The Morgan fingerprint density at radius 2 is 1.95 bits per heavy atom. The molecule has 0 aliphatic heterocycles. The summed E-state index contributed by atoms with van der Waals surface area (Å²) in [5.41, 5.74) is 1.84. The van der Waals surface area contributed by atoms with Crippen molar-refractivity contribution in [1.82, 2.24) is 5.06 Å². The number of amides is 1. The van der Waals surface area contributed by atoms with Crippen LogP contribution in [0, 0.1) is 6.92 Å². The number of aryl methyl sites for hydroxylation is 1. The van der Waals surface area contributed by atoms with Crippen molar-refractivity contribution in [3.05, 3.63) is 47.2 Å². The van der Waals surface area contributed by atoms with Gasteiger partial charge in [0.25, 0.3) is 5.91 Å². The molecule has 1 aromatic carbocycles. The Labute approximate surface area is 110 Å². The first-order valence-corrected chi connectivity index (χ1v) is 5.49. The average Bonchev–Trinajstić information content (AvgIpc) is 2.37. The molecule has 0 spiro atoms. The zero-order valence-corrected chi connectivity index (χ0v) is 10.7. The highest BCUT2D eigenvalue weighted by Gasteiger charge is 2.15. The van der Waals surface area contributed by atoms with Crippen molar-refractivity contribution in [3.8, 4) is 0 Å². The summed E-state index contributed by atoms with van der Waals surface area (Å²) in [7, 11) is 1.29. The van der Waals surface area contributed by atoms with E-state index in [4.69, 9.17) is 15.1 Å². The zero-order chi connectivity index (χ0) is 14.4. The Morgan fingerprint density at radius 3 is 2.47 bits per heavy atom. The molecule has 6 heteroatoms. The minimum absolute atomic E-state index is 0.158. The summed E-state index contributed by atoms with van der Waals surface area (Å²) in [6, 6.07) is 7.41. The van der Waals surface area contributed by atoms with E-state index in [1.54, 1.807) is 0 Å². The molecule has 0 aliphatic rings. The summed E-state index contributed by atoms with van der Waals surface area (Å²) in [6.45, 7) is 2.05. The summed E-state index contributed by atoms with van der Waals surface area (Å²) in [4.78, 5) is 27.0. The fourth-order valence-corrected chi connectivity index (χ4v) is 1.43. The van der Waals surface area contributed by atoms with E-state index < -0.39 is 17.6 Å². The molecule has 0 fully saturated rings. The lowest BCUT2D eigenvalue weighted by atomic mass is 10.1. The Kier molecular flexibility index (Phi) is 5.08. The molecular weight excluding hydrogens is 250 g/mol. The molecule has 19 heavy (non-hydrogen) atoms. The largest absolute Gasteiger partial charge is 0.502 e. The van der Waals surface area contributed by atoms with Crippen LogP contribution in [-0.2, 0) is 21.0 Å². The van der Waals surface area contributed by atoms with E-state index in [1.165, 1.54) is 7.11 Å². The SMILES string of the molecule is CON(Cc1ccccc1C)C(=O)C=C(O)C(=O)O. The normalized spacial score (nSPS) is 11.2. The molecule has 0 radical (unpaired) electrons. The van der Waals surface area contributed by atoms with Gasteiger partial charge in [0.1, 0.15) is 0 Å². The van der Waals surface area contributed by atoms with E-state index in [9.17, 15) is 9.59 Å².